The number of aromatic nitrogens is 3. The van der Waals surface area contributed by atoms with Crippen LogP contribution < -0.4 is 9.47 Å². The Morgan fingerprint density at radius 3 is 2.53 bits per heavy atom. The van der Waals surface area contributed by atoms with Crippen molar-refractivity contribution < 1.29 is 13.9 Å². The van der Waals surface area contributed by atoms with Gasteiger partial charge in [0.15, 0.2) is 5.52 Å². The second kappa shape index (κ2) is 8.95. The van der Waals surface area contributed by atoms with E-state index in [2.05, 4.69) is 34.0 Å². The third-order valence-electron chi connectivity index (χ3n) is 4.78. The van der Waals surface area contributed by atoms with Gasteiger partial charge in [-0.25, -0.2) is 4.98 Å². The highest BCUT2D eigenvalue weighted by molar-refractivity contribution is 5.77. The van der Waals surface area contributed by atoms with Gasteiger partial charge in [-0.15, -0.1) is 0 Å². The summed E-state index contributed by atoms with van der Waals surface area (Å²) in [6.45, 7) is 4.67. The van der Waals surface area contributed by atoms with E-state index in [0.29, 0.717) is 41.9 Å². The molecule has 0 aliphatic rings. The lowest BCUT2D eigenvalue weighted by atomic mass is 10.1. The Morgan fingerprint density at radius 2 is 1.80 bits per heavy atom. The molecule has 0 bridgehead atoms. The van der Waals surface area contributed by atoms with E-state index >= 15 is 0 Å². The van der Waals surface area contributed by atoms with Crippen molar-refractivity contribution in [3.05, 3.63) is 65.5 Å². The number of oxazole rings is 1. The van der Waals surface area contributed by atoms with Crippen LogP contribution in [-0.2, 0) is 12.8 Å². The lowest BCUT2D eigenvalue weighted by Crippen LogP contribution is -2.04. The number of aryl methyl sites for hydroxylation is 3. The van der Waals surface area contributed by atoms with Gasteiger partial charge in [-0.3, -0.25) is 0 Å². The molecule has 154 valence electrons. The molecule has 0 atom stereocenters. The number of hydrogen-bond donors (Lipinski definition) is 0. The lowest BCUT2D eigenvalue weighted by molar-refractivity contribution is 0.307. The first-order valence-electron chi connectivity index (χ1n) is 10.2. The summed E-state index contributed by atoms with van der Waals surface area (Å²) >= 11 is 0. The van der Waals surface area contributed by atoms with Crippen molar-refractivity contribution in [3.63, 3.8) is 0 Å². The van der Waals surface area contributed by atoms with Crippen molar-refractivity contribution in [2.75, 3.05) is 13.7 Å². The number of rotatable bonds is 8. The van der Waals surface area contributed by atoms with Gasteiger partial charge in [0, 0.05) is 12.0 Å². The summed E-state index contributed by atoms with van der Waals surface area (Å²) < 4.78 is 17.1. The highest BCUT2D eigenvalue weighted by atomic mass is 16.5. The van der Waals surface area contributed by atoms with Crippen LogP contribution in [0, 0.1) is 6.92 Å². The highest BCUT2D eigenvalue weighted by Gasteiger charge is 2.17. The molecule has 0 amide bonds. The summed E-state index contributed by atoms with van der Waals surface area (Å²) in [7, 11) is 1.66. The molecular weight excluding hydrogens is 378 g/mol. The Kier molecular flexibility index (Phi) is 5.93. The number of ether oxygens (including phenoxy) is 2. The average Bonchev–Trinajstić information content (AvgIpc) is 3.21. The van der Waals surface area contributed by atoms with E-state index < -0.39 is 0 Å². The van der Waals surface area contributed by atoms with E-state index in [1.165, 1.54) is 5.56 Å². The van der Waals surface area contributed by atoms with Gasteiger partial charge in [0.05, 0.1) is 13.7 Å². The van der Waals surface area contributed by atoms with Gasteiger partial charge in [-0.2, -0.15) is 9.97 Å². The maximum absolute atomic E-state index is 5.99. The fraction of sp³-hybridized carbons (Fsp3) is 0.292. The second-order valence-electron chi connectivity index (χ2n) is 7.18. The predicted molar refractivity (Wildman–Crippen MR) is 116 cm³/mol. The minimum Gasteiger partial charge on any atom is -0.497 e. The summed E-state index contributed by atoms with van der Waals surface area (Å²) in [5, 5.41) is 0. The van der Waals surface area contributed by atoms with E-state index in [1.807, 2.05) is 43.3 Å². The zero-order valence-corrected chi connectivity index (χ0v) is 17.5. The summed E-state index contributed by atoms with van der Waals surface area (Å²) in [6.07, 6.45) is 2.36. The second-order valence-corrected chi connectivity index (χ2v) is 7.18. The van der Waals surface area contributed by atoms with E-state index in [9.17, 15) is 0 Å². The summed E-state index contributed by atoms with van der Waals surface area (Å²) in [6, 6.07) is 16.1. The first-order valence-corrected chi connectivity index (χ1v) is 10.2. The summed E-state index contributed by atoms with van der Waals surface area (Å²) in [5.41, 5.74) is 4.26. The summed E-state index contributed by atoms with van der Waals surface area (Å²) in [5.74, 6) is 2.53. The van der Waals surface area contributed by atoms with Gasteiger partial charge in [0.1, 0.15) is 11.6 Å². The predicted octanol–water partition coefficient (Wildman–Crippen LogP) is 5.18. The fourth-order valence-electron chi connectivity index (χ4n) is 3.20. The fourth-order valence-corrected chi connectivity index (χ4v) is 3.20. The van der Waals surface area contributed by atoms with Crippen molar-refractivity contribution >= 4 is 11.2 Å². The molecule has 0 aliphatic carbocycles. The molecule has 0 spiro atoms. The monoisotopic (exact) mass is 403 g/mol. The van der Waals surface area contributed by atoms with Gasteiger partial charge >= 0.3 is 0 Å². The molecule has 0 saturated carbocycles. The highest BCUT2D eigenvalue weighted by Crippen LogP contribution is 2.29. The molecule has 2 heterocycles. The normalized spacial score (nSPS) is 11.0. The molecule has 0 fully saturated rings. The quantitative estimate of drug-likeness (QED) is 0.404. The van der Waals surface area contributed by atoms with Crippen LogP contribution in [0.25, 0.3) is 22.7 Å². The topological polar surface area (TPSA) is 70.3 Å². The van der Waals surface area contributed by atoms with E-state index in [0.717, 1.165) is 29.7 Å². The third-order valence-corrected chi connectivity index (χ3v) is 4.78. The number of nitrogens with zero attached hydrogens (tertiary/aromatic N) is 3. The minimum absolute atomic E-state index is 0.456. The van der Waals surface area contributed by atoms with Crippen molar-refractivity contribution in [2.45, 2.75) is 33.1 Å². The standard InChI is InChI=1S/C24H25N3O3/c1-4-14-29-23-21-24(30-22(27-21)18-7-5-6-16(2)15-18)26-20(25-23)13-10-17-8-11-19(28-3)12-9-17/h5-9,11-12,15H,4,10,13-14H2,1-3H3. The maximum Gasteiger partial charge on any atom is 0.254 e. The van der Waals surface area contributed by atoms with Crippen LogP contribution in [0.5, 0.6) is 11.6 Å². The molecule has 2 aromatic carbocycles. The molecule has 6 heteroatoms. The molecule has 0 N–H and O–H groups in total. The van der Waals surface area contributed by atoms with Gasteiger partial charge in [-0.1, -0.05) is 36.8 Å². The van der Waals surface area contributed by atoms with Crippen molar-refractivity contribution in [1.29, 1.82) is 0 Å². The number of fused-ring (bicyclic) bond motifs is 1. The Labute approximate surface area is 175 Å². The average molecular weight is 403 g/mol. The van der Waals surface area contributed by atoms with Gasteiger partial charge in [0.25, 0.3) is 5.71 Å². The van der Waals surface area contributed by atoms with Crippen molar-refractivity contribution in [3.8, 4) is 23.1 Å². The lowest BCUT2D eigenvalue weighted by Gasteiger charge is -2.06. The van der Waals surface area contributed by atoms with Crippen molar-refractivity contribution in [2.24, 2.45) is 0 Å². The molecule has 6 nitrogen and oxygen atoms in total. The van der Waals surface area contributed by atoms with E-state index in [1.54, 1.807) is 7.11 Å². The molecular formula is C24H25N3O3. The number of methoxy groups -OCH3 is 1. The molecule has 0 aliphatic heterocycles. The van der Waals surface area contributed by atoms with E-state index in [-0.39, 0.29) is 0 Å². The Balaban J connectivity index is 1.64. The van der Waals surface area contributed by atoms with Gasteiger partial charge in [-0.05, 0) is 49.6 Å². The Bertz CT molecular complexity index is 1140. The maximum atomic E-state index is 5.99. The third kappa shape index (κ3) is 4.43. The van der Waals surface area contributed by atoms with Crippen LogP contribution in [0.1, 0.15) is 30.3 Å². The van der Waals surface area contributed by atoms with Crippen LogP contribution in [-0.4, -0.2) is 28.7 Å². The first kappa shape index (κ1) is 19.9. The molecule has 2 aromatic heterocycles. The van der Waals surface area contributed by atoms with Crippen LogP contribution in [0.4, 0.5) is 0 Å². The largest absolute Gasteiger partial charge is 0.497 e. The van der Waals surface area contributed by atoms with Crippen LogP contribution in [0.15, 0.2) is 52.9 Å². The Morgan fingerprint density at radius 1 is 0.967 bits per heavy atom. The minimum atomic E-state index is 0.456. The molecule has 30 heavy (non-hydrogen) atoms. The number of hydrogen-bond acceptors (Lipinski definition) is 6. The molecule has 4 aromatic rings. The smallest absolute Gasteiger partial charge is 0.254 e. The van der Waals surface area contributed by atoms with Crippen molar-refractivity contribution in [1.82, 2.24) is 15.0 Å². The van der Waals surface area contributed by atoms with Crippen LogP contribution in [0.2, 0.25) is 0 Å². The molecule has 4 rings (SSSR count). The Hall–Kier alpha value is -3.41. The zero-order valence-electron chi connectivity index (χ0n) is 17.5. The first-order chi connectivity index (χ1) is 14.7. The zero-order chi connectivity index (χ0) is 20.9. The molecule has 0 saturated heterocycles. The van der Waals surface area contributed by atoms with Crippen LogP contribution in [0.3, 0.4) is 0 Å². The summed E-state index contributed by atoms with van der Waals surface area (Å²) in [4.78, 5) is 13.9. The van der Waals surface area contributed by atoms with Gasteiger partial charge in [0.2, 0.25) is 11.8 Å². The molecule has 0 unspecified atom stereocenters. The molecule has 0 radical (unpaired) electrons. The van der Waals surface area contributed by atoms with Crippen LogP contribution >= 0.6 is 0 Å². The number of benzene rings is 2. The van der Waals surface area contributed by atoms with Gasteiger partial charge < -0.3 is 13.9 Å². The SMILES string of the molecule is CCCOc1nc(CCc2ccc(OC)cc2)nc2oc(-c3cccc(C)c3)nc12. The van der Waals surface area contributed by atoms with E-state index in [4.69, 9.17) is 13.9 Å².